The van der Waals surface area contributed by atoms with Crippen LogP contribution in [-0.4, -0.2) is 0 Å². The van der Waals surface area contributed by atoms with Crippen molar-refractivity contribution in [3.8, 4) is 0 Å². The van der Waals surface area contributed by atoms with Crippen LogP contribution < -0.4 is 0 Å². The summed E-state index contributed by atoms with van der Waals surface area (Å²) in [5.41, 5.74) is 0. The maximum Gasteiger partial charge on any atom is -0.0412 e. The van der Waals surface area contributed by atoms with Crippen LogP contribution >= 0.6 is 0 Å². The maximum absolute atomic E-state index is 2.39. The molecule has 0 nitrogen and oxygen atoms in total. The Labute approximate surface area is 168 Å². The molecular weight excluding hydrogens is 312 g/mol. The summed E-state index contributed by atoms with van der Waals surface area (Å²) in [5.74, 6) is 2.05. The third-order valence-electron chi connectivity index (χ3n) is 6.26. The van der Waals surface area contributed by atoms with E-state index in [0.29, 0.717) is 0 Å². The van der Waals surface area contributed by atoms with Gasteiger partial charge in [0.1, 0.15) is 0 Å². The lowest BCUT2D eigenvalue weighted by Crippen LogP contribution is -2.10. The first-order valence-electron chi connectivity index (χ1n) is 12.8. The van der Waals surface area contributed by atoms with Crippen molar-refractivity contribution in [3.05, 3.63) is 0 Å². The summed E-state index contributed by atoms with van der Waals surface area (Å²) in [4.78, 5) is 0. The lowest BCUT2D eigenvalue weighted by atomic mass is 9.82. The standard InChI is InChI=1S/C26H54/c1-5-9-12-15-16-19-21-25(20-8-4)24-26(22-17-13-10-6-2)23-18-14-11-7-3/h25-26H,5-24H2,1-4H3. The van der Waals surface area contributed by atoms with E-state index in [-0.39, 0.29) is 0 Å². The molecule has 158 valence electrons. The molecule has 0 fully saturated rings. The molecule has 0 aliphatic carbocycles. The summed E-state index contributed by atoms with van der Waals surface area (Å²) in [6.07, 6.45) is 29.2. The van der Waals surface area contributed by atoms with Gasteiger partial charge in [0.05, 0.1) is 0 Å². The van der Waals surface area contributed by atoms with Gasteiger partial charge in [0.15, 0.2) is 0 Å². The quantitative estimate of drug-likeness (QED) is 0.177. The van der Waals surface area contributed by atoms with Crippen LogP contribution in [-0.2, 0) is 0 Å². The van der Waals surface area contributed by atoms with Crippen molar-refractivity contribution < 1.29 is 0 Å². The smallest absolute Gasteiger partial charge is 0.0412 e. The summed E-state index contributed by atoms with van der Waals surface area (Å²) in [5, 5.41) is 0. The van der Waals surface area contributed by atoms with Gasteiger partial charge in [-0.25, -0.2) is 0 Å². The van der Waals surface area contributed by atoms with Crippen LogP contribution in [0.5, 0.6) is 0 Å². The first-order chi connectivity index (χ1) is 12.8. The van der Waals surface area contributed by atoms with Crippen LogP contribution in [0.25, 0.3) is 0 Å². The fraction of sp³-hybridized carbons (Fsp3) is 1.00. The minimum Gasteiger partial charge on any atom is -0.0654 e. The molecule has 0 rings (SSSR count). The van der Waals surface area contributed by atoms with Crippen LogP contribution in [0.3, 0.4) is 0 Å². The highest BCUT2D eigenvalue weighted by atomic mass is 14.2. The summed E-state index contributed by atoms with van der Waals surface area (Å²) in [6, 6.07) is 0. The first-order valence-corrected chi connectivity index (χ1v) is 12.8. The van der Waals surface area contributed by atoms with Crippen molar-refractivity contribution in [2.24, 2.45) is 11.8 Å². The minimum atomic E-state index is 1.02. The molecule has 0 heterocycles. The Morgan fingerprint density at radius 1 is 0.346 bits per heavy atom. The number of hydrogen-bond acceptors (Lipinski definition) is 0. The van der Waals surface area contributed by atoms with Gasteiger partial charge in [-0.1, -0.05) is 150 Å². The van der Waals surface area contributed by atoms with E-state index in [2.05, 4.69) is 27.7 Å². The Morgan fingerprint density at radius 2 is 0.692 bits per heavy atom. The van der Waals surface area contributed by atoms with Crippen molar-refractivity contribution in [3.63, 3.8) is 0 Å². The predicted octanol–water partition coefficient (Wildman–Crippen LogP) is 10.1. The van der Waals surface area contributed by atoms with Crippen LogP contribution in [0.2, 0.25) is 0 Å². The SMILES string of the molecule is CCCCCCCCC(CCC)CC(CCCCCC)CCCCCC. The van der Waals surface area contributed by atoms with E-state index in [1.165, 1.54) is 122 Å². The molecule has 0 bridgehead atoms. The summed E-state index contributed by atoms with van der Waals surface area (Å²) >= 11 is 0. The fourth-order valence-electron chi connectivity index (χ4n) is 4.57. The van der Waals surface area contributed by atoms with Crippen molar-refractivity contribution in [1.82, 2.24) is 0 Å². The van der Waals surface area contributed by atoms with Gasteiger partial charge in [-0.3, -0.25) is 0 Å². The number of unbranched alkanes of at least 4 members (excludes halogenated alkanes) is 11. The monoisotopic (exact) mass is 366 g/mol. The zero-order chi connectivity index (χ0) is 19.3. The van der Waals surface area contributed by atoms with Crippen molar-refractivity contribution in [2.45, 2.75) is 156 Å². The van der Waals surface area contributed by atoms with E-state index in [1.54, 1.807) is 6.42 Å². The molecule has 0 saturated carbocycles. The van der Waals surface area contributed by atoms with Crippen LogP contribution in [0.1, 0.15) is 156 Å². The summed E-state index contributed by atoms with van der Waals surface area (Å²) in [7, 11) is 0. The molecule has 0 radical (unpaired) electrons. The van der Waals surface area contributed by atoms with Crippen LogP contribution in [0.4, 0.5) is 0 Å². The molecule has 0 N–H and O–H groups in total. The van der Waals surface area contributed by atoms with E-state index < -0.39 is 0 Å². The predicted molar refractivity (Wildman–Crippen MR) is 122 cm³/mol. The Hall–Kier alpha value is 0. The Morgan fingerprint density at radius 3 is 1.12 bits per heavy atom. The molecule has 0 aliphatic rings. The minimum absolute atomic E-state index is 1.02. The molecule has 0 heteroatoms. The van der Waals surface area contributed by atoms with Gasteiger partial charge in [-0.05, 0) is 18.3 Å². The Balaban J connectivity index is 4.20. The molecule has 1 atom stereocenters. The molecule has 0 amide bonds. The summed E-state index contributed by atoms with van der Waals surface area (Å²) < 4.78 is 0. The molecule has 0 aromatic heterocycles. The second-order valence-electron chi connectivity index (χ2n) is 9.01. The maximum atomic E-state index is 2.39. The number of rotatable bonds is 21. The highest BCUT2D eigenvalue weighted by Gasteiger charge is 2.16. The van der Waals surface area contributed by atoms with E-state index in [9.17, 15) is 0 Å². The topological polar surface area (TPSA) is 0 Å². The van der Waals surface area contributed by atoms with Crippen molar-refractivity contribution >= 4 is 0 Å². The highest BCUT2D eigenvalue weighted by molar-refractivity contribution is 4.68. The molecule has 0 saturated heterocycles. The Kier molecular flexibility index (Phi) is 21.3. The largest absolute Gasteiger partial charge is 0.0654 e. The average Bonchev–Trinajstić information content (AvgIpc) is 2.64. The normalized spacial score (nSPS) is 12.8. The van der Waals surface area contributed by atoms with Gasteiger partial charge in [-0.15, -0.1) is 0 Å². The lowest BCUT2D eigenvalue weighted by molar-refractivity contribution is 0.287. The second-order valence-corrected chi connectivity index (χ2v) is 9.01. The van der Waals surface area contributed by atoms with E-state index in [0.717, 1.165) is 11.8 Å². The number of hydrogen-bond donors (Lipinski definition) is 0. The van der Waals surface area contributed by atoms with Gasteiger partial charge in [-0.2, -0.15) is 0 Å². The molecule has 0 aliphatic heterocycles. The molecule has 1 unspecified atom stereocenters. The van der Waals surface area contributed by atoms with Crippen molar-refractivity contribution in [2.75, 3.05) is 0 Å². The molecule has 26 heavy (non-hydrogen) atoms. The van der Waals surface area contributed by atoms with Gasteiger partial charge >= 0.3 is 0 Å². The van der Waals surface area contributed by atoms with Crippen molar-refractivity contribution in [1.29, 1.82) is 0 Å². The molecule has 0 aromatic rings. The highest BCUT2D eigenvalue weighted by Crippen LogP contribution is 2.30. The van der Waals surface area contributed by atoms with Gasteiger partial charge in [0, 0.05) is 0 Å². The fourth-order valence-corrected chi connectivity index (χ4v) is 4.57. The van der Waals surface area contributed by atoms with E-state index in [1.807, 2.05) is 0 Å². The van der Waals surface area contributed by atoms with E-state index in [4.69, 9.17) is 0 Å². The van der Waals surface area contributed by atoms with Crippen LogP contribution in [0.15, 0.2) is 0 Å². The van der Waals surface area contributed by atoms with Gasteiger partial charge in [0.25, 0.3) is 0 Å². The van der Waals surface area contributed by atoms with Gasteiger partial charge in [0.2, 0.25) is 0 Å². The zero-order valence-electron chi connectivity index (χ0n) is 19.3. The van der Waals surface area contributed by atoms with E-state index >= 15 is 0 Å². The summed E-state index contributed by atoms with van der Waals surface area (Å²) in [6.45, 7) is 9.38. The molecule has 0 spiro atoms. The Bertz CT molecular complexity index is 232. The first kappa shape index (κ1) is 26.0. The third kappa shape index (κ3) is 17.4. The molecular formula is C26H54. The zero-order valence-corrected chi connectivity index (χ0v) is 19.3. The lowest BCUT2D eigenvalue weighted by Gasteiger charge is -2.24. The average molecular weight is 367 g/mol. The third-order valence-corrected chi connectivity index (χ3v) is 6.26. The van der Waals surface area contributed by atoms with Crippen LogP contribution in [0, 0.1) is 11.8 Å². The second kappa shape index (κ2) is 21.3. The molecule has 0 aromatic carbocycles. The van der Waals surface area contributed by atoms with Gasteiger partial charge < -0.3 is 0 Å².